The van der Waals surface area contributed by atoms with Gasteiger partial charge in [-0.2, -0.15) is 4.98 Å². The van der Waals surface area contributed by atoms with E-state index in [9.17, 15) is 4.79 Å². The number of ether oxygens (including phenoxy) is 3. The monoisotopic (exact) mass is 357 g/mol. The highest BCUT2D eigenvalue weighted by molar-refractivity contribution is 5.76. The number of methoxy groups -OCH3 is 2. The Morgan fingerprint density at radius 3 is 2.65 bits per heavy atom. The zero-order valence-corrected chi connectivity index (χ0v) is 15.1. The van der Waals surface area contributed by atoms with E-state index in [2.05, 4.69) is 9.97 Å². The molecule has 0 N–H and O–H groups in total. The summed E-state index contributed by atoms with van der Waals surface area (Å²) >= 11 is 0. The van der Waals surface area contributed by atoms with Gasteiger partial charge in [-0.05, 0) is 24.1 Å². The van der Waals surface area contributed by atoms with Crippen molar-refractivity contribution in [3.05, 3.63) is 42.2 Å². The van der Waals surface area contributed by atoms with Crippen molar-refractivity contribution in [1.29, 1.82) is 0 Å². The molecular formula is C19H23N3O4. The summed E-state index contributed by atoms with van der Waals surface area (Å²) in [6.45, 7) is 1.27. The van der Waals surface area contributed by atoms with E-state index < -0.39 is 0 Å². The molecule has 138 valence electrons. The zero-order chi connectivity index (χ0) is 18.4. The van der Waals surface area contributed by atoms with E-state index in [1.807, 2.05) is 29.2 Å². The summed E-state index contributed by atoms with van der Waals surface area (Å²) in [5.41, 5.74) is 1.12. The number of likely N-dealkylation sites (tertiary alicyclic amines) is 1. The van der Waals surface area contributed by atoms with Crippen molar-refractivity contribution in [2.24, 2.45) is 0 Å². The van der Waals surface area contributed by atoms with E-state index >= 15 is 0 Å². The number of carbonyl (C=O) groups excluding carboxylic acids is 1. The van der Waals surface area contributed by atoms with Crippen molar-refractivity contribution >= 4 is 5.91 Å². The van der Waals surface area contributed by atoms with Crippen LogP contribution in [-0.2, 0) is 11.2 Å². The molecular weight excluding hydrogens is 334 g/mol. The van der Waals surface area contributed by atoms with E-state index in [-0.39, 0.29) is 12.0 Å². The lowest BCUT2D eigenvalue weighted by Gasteiger charge is -2.17. The first-order valence-corrected chi connectivity index (χ1v) is 8.61. The Morgan fingerprint density at radius 1 is 1.15 bits per heavy atom. The fourth-order valence-corrected chi connectivity index (χ4v) is 2.91. The van der Waals surface area contributed by atoms with E-state index in [1.165, 1.54) is 13.3 Å². The molecule has 7 nitrogen and oxygen atoms in total. The van der Waals surface area contributed by atoms with Crippen LogP contribution in [0.2, 0.25) is 0 Å². The fraction of sp³-hybridized carbons (Fsp3) is 0.421. The molecule has 1 aliphatic heterocycles. The highest BCUT2D eigenvalue weighted by atomic mass is 16.5. The first-order chi connectivity index (χ1) is 12.7. The second-order valence-corrected chi connectivity index (χ2v) is 6.12. The molecule has 0 bridgehead atoms. The standard InChI is InChI=1S/C19H23N3O4/c1-24-15-6-3-14(4-7-15)5-8-19(23)22-10-9-16(13-22)26-18-12-20-11-17(21-18)25-2/h3-4,6-7,11-12,16H,5,8-10,13H2,1-2H3. The Labute approximate surface area is 152 Å². The summed E-state index contributed by atoms with van der Waals surface area (Å²) < 4.78 is 16.0. The van der Waals surface area contributed by atoms with Gasteiger partial charge in [-0.1, -0.05) is 12.1 Å². The molecule has 0 aliphatic carbocycles. The molecule has 26 heavy (non-hydrogen) atoms. The number of aromatic nitrogens is 2. The van der Waals surface area contributed by atoms with Crippen molar-refractivity contribution < 1.29 is 19.0 Å². The van der Waals surface area contributed by atoms with Crippen LogP contribution in [0.4, 0.5) is 0 Å². The normalized spacial score (nSPS) is 16.4. The van der Waals surface area contributed by atoms with Crippen molar-refractivity contribution in [1.82, 2.24) is 14.9 Å². The number of rotatable bonds is 7. The molecule has 7 heteroatoms. The van der Waals surface area contributed by atoms with Gasteiger partial charge in [0.25, 0.3) is 0 Å². The number of nitrogens with zero attached hydrogens (tertiary/aromatic N) is 3. The summed E-state index contributed by atoms with van der Waals surface area (Å²) in [5.74, 6) is 1.79. The number of carbonyl (C=O) groups is 1. The quantitative estimate of drug-likeness (QED) is 0.756. The van der Waals surface area contributed by atoms with Gasteiger partial charge in [0, 0.05) is 19.4 Å². The summed E-state index contributed by atoms with van der Waals surface area (Å²) in [7, 11) is 3.17. The molecule has 2 aromatic rings. The van der Waals surface area contributed by atoms with Gasteiger partial charge >= 0.3 is 0 Å². The Bertz CT molecular complexity index is 736. The third-order valence-corrected chi connectivity index (χ3v) is 4.37. The zero-order valence-electron chi connectivity index (χ0n) is 15.1. The Hall–Kier alpha value is -2.83. The molecule has 0 saturated carbocycles. The maximum Gasteiger partial charge on any atom is 0.235 e. The third kappa shape index (κ3) is 4.62. The molecule has 1 saturated heterocycles. The Kier molecular flexibility index (Phi) is 5.88. The van der Waals surface area contributed by atoms with Gasteiger partial charge in [-0.3, -0.25) is 9.78 Å². The molecule has 2 heterocycles. The SMILES string of the molecule is COc1ccc(CCC(=O)N2CCC(Oc3cncc(OC)n3)C2)cc1. The predicted molar refractivity (Wildman–Crippen MR) is 95.5 cm³/mol. The number of hydrogen-bond acceptors (Lipinski definition) is 6. The summed E-state index contributed by atoms with van der Waals surface area (Å²) in [6.07, 6.45) is 4.99. The van der Waals surface area contributed by atoms with Crippen LogP contribution in [0.25, 0.3) is 0 Å². The van der Waals surface area contributed by atoms with Crippen LogP contribution in [0.3, 0.4) is 0 Å². The van der Waals surface area contributed by atoms with E-state index in [1.54, 1.807) is 13.3 Å². The average Bonchev–Trinajstić information content (AvgIpc) is 3.15. The van der Waals surface area contributed by atoms with Crippen LogP contribution in [0, 0.1) is 0 Å². The summed E-state index contributed by atoms with van der Waals surface area (Å²) in [4.78, 5) is 22.5. The Morgan fingerprint density at radius 2 is 1.92 bits per heavy atom. The highest BCUT2D eigenvalue weighted by Gasteiger charge is 2.27. The molecule has 1 unspecified atom stereocenters. The minimum atomic E-state index is -0.0682. The van der Waals surface area contributed by atoms with Crippen LogP contribution in [0.5, 0.6) is 17.5 Å². The fourth-order valence-electron chi connectivity index (χ4n) is 2.91. The van der Waals surface area contributed by atoms with Crippen LogP contribution < -0.4 is 14.2 Å². The van der Waals surface area contributed by atoms with Gasteiger partial charge in [-0.15, -0.1) is 0 Å². The second kappa shape index (κ2) is 8.51. The lowest BCUT2D eigenvalue weighted by atomic mass is 10.1. The molecule has 0 spiro atoms. The molecule has 1 atom stereocenters. The maximum absolute atomic E-state index is 12.4. The van der Waals surface area contributed by atoms with Crippen molar-refractivity contribution in [3.63, 3.8) is 0 Å². The van der Waals surface area contributed by atoms with Crippen LogP contribution >= 0.6 is 0 Å². The van der Waals surface area contributed by atoms with Gasteiger partial charge in [0.1, 0.15) is 11.9 Å². The minimum Gasteiger partial charge on any atom is -0.497 e. The largest absolute Gasteiger partial charge is 0.497 e. The van der Waals surface area contributed by atoms with Crippen LogP contribution in [-0.4, -0.2) is 54.2 Å². The van der Waals surface area contributed by atoms with Gasteiger partial charge in [0.2, 0.25) is 17.7 Å². The molecule has 1 aromatic heterocycles. The number of benzene rings is 1. The first-order valence-electron chi connectivity index (χ1n) is 8.61. The molecule has 1 aliphatic rings. The van der Waals surface area contributed by atoms with E-state index in [0.717, 1.165) is 17.7 Å². The van der Waals surface area contributed by atoms with E-state index in [0.29, 0.717) is 37.7 Å². The van der Waals surface area contributed by atoms with Gasteiger partial charge < -0.3 is 19.1 Å². The lowest BCUT2D eigenvalue weighted by Crippen LogP contribution is -2.31. The maximum atomic E-state index is 12.4. The van der Waals surface area contributed by atoms with Crippen molar-refractivity contribution in [3.8, 4) is 17.5 Å². The molecule has 3 rings (SSSR count). The van der Waals surface area contributed by atoms with Gasteiger partial charge in [-0.25, -0.2) is 0 Å². The van der Waals surface area contributed by atoms with Crippen molar-refractivity contribution in [2.75, 3.05) is 27.3 Å². The average molecular weight is 357 g/mol. The topological polar surface area (TPSA) is 73.8 Å². The smallest absolute Gasteiger partial charge is 0.235 e. The molecule has 1 amide bonds. The first kappa shape index (κ1) is 18.0. The van der Waals surface area contributed by atoms with Crippen LogP contribution in [0.1, 0.15) is 18.4 Å². The number of amides is 1. The van der Waals surface area contributed by atoms with Crippen molar-refractivity contribution in [2.45, 2.75) is 25.4 Å². The van der Waals surface area contributed by atoms with E-state index in [4.69, 9.17) is 14.2 Å². The second-order valence-electron chi connectivity index (χ2n) is 6.12. The van der Waals surface area contributed by atoms with Gasteiger partial charge in [0.05, 0.1) is 33.2 Å². The highest BCUT2D eigenvalue weighted by Crippen LogP contribution is 2.19. The molecule has 1 fully saturated rings. The predicted octanol–water partition coefficient (Wildman–Crippen LogP) is 2.11. The minimum absolute atomic E-state index is 0.0682. The van der Waals surface area contributed by atoms with Crippen LogP contribution in [0.15, 0.2) is 36.7 Å². The number of aryl methyl sites for hydroxylation is 1. The van der Waals surface area contributed by atoms with Gasteiger partial charge in [0.15, 0.2) is 0 Å². The summed E-state index contributed by atoms with van der Waals surface area (Å²) in [6, 6.07) is 7.80. The number of hydrogen-bond donors (Lipinski definition) is 0. The third-order valence-electron chi connectivity index (χ3n) is 4.37. The lowest BCUT2D eigenvalue weighted by molar-refractivity contribution is -0.130. The summed E-state index contributed by atoms with van der Waals surface area (Å²) in [5, 5.41) is 0. The Balaban J connectivity index is 1.47. The molecule has 1 aromatic carbocycles. The molecule has 0 radical (unpaired) electrons.